The lowest BCUT2D eigenvalue weighted by Crippen LogP contribution is -2.14. The van der Waals surface area contributed by atoms with Crippen LogP contribution in [0, 0.1) is 11.3 Å². The smallest absolute Gasteiger partial charge is 0.266 e. The number of carbonyl (C=O) groups excluding carboxylic acids is 1. The van der Waals surface area contributed by atoms with Gasteiger partial charge in [0.2, 0.25) is 0 Å². The Labute approximate surface area is 174 Å². The van der Waals surface area contributed by atoms with Gasteiger partial charge in [0.1, 0.15) is 17.4 Å². The van der Waals surface area contributed by atoms with E-state index in [0.717, 1.165) is 0 Å². The van der Waals surface area contributed by atoms with Crippen molar-refractivity contribution in [3.63, 3.8) is 0 Å². The van der Waals surface area contributed by atoms with Gasteiger partial charge in [0.25, 0.3) is 5.91 Å². The third-order valence-electron chi connectivity index (χ3n) is 4.19. The maximum Gasteiger partial charge on any atom is 0.266 e. The van der Waals surface area contributed by atoms with Crippen LogP contribution < -0.4 is 19.5 Å². The molecule has 0 spiro atoms. The van der Waals surface area contributed by atoms with Gasteiger partial charge < -0.3 is 19.5 Å². The van der Waals surface area contributed by atoms with Gasteiger partial charge in [0, 0.05) is 0 Å². The molecule has 0 saturated carbocycles. The van der Waals surface area contributed by atoms with E-state index in [4.69, 9.17) is 14.2 Å². The minimum absolute atomic E-state index is 0.0586. The van der Waals surface area contributed by atoms with E-state index in [1.807, 2.05) is 36.4 Å². The zero-order valence-electron chi connectivity index (χ0n) is 16.6. The molecule has 1 amide bonds. The van der Waals surface area contributed by atoms with Crippen molar-refractivity contribution in [1.29, 1.82) is 5.26 Å². The second kappa shape index (κ2) is 9.80. The first-order chi connectivity index (χ1) is 14.6. The SMILES string of the molecule is COc1ccc(/C=C(\C#N)C(=O)Nc2ccccc2Oc2ccccc2)cc1OC. The van der Waals surface area contributed by atoms with Gasteiger partial charge in [-0.1, -0.05) is 36.4 Å². The van der Waals surface area contributed by atoms with Gasteiger partial charge >= 0.3 is 0 Å². The van der Waals surface area contributed by atoms with Gasteiger partial charge in [-0.15, -0.1) is 0 Å². The van der Waals surface area contributed by atoms with E-state index in [1.165, 1.54) is 20.3 Å². The van der Waals surface area contributed by atoms with Gasteiger partial charge in [-0.25, -0.2) is 0 Å². The van der Waals surface area contributed by atoms with Crippen LogP contribution in [0.5, 0.6) is 23.0 Å². The third kappa shape index (κ3) is 4.97. The number of amides is 1. The Morgan fingerprint density at radius 2 is 1.60 bits per heavy atom. The number of hydrogen-bond acceptors (Lipinski definition) is 5. The van der Waals surface area contributed by atoms with Crippen LogP contribution in [0.1, 0.15) is 5.56 Å². The van der Waals surface area contributed by atoms with Gasteiger partial charge in [-0.3, -0.25) is 4.79 Å². The van der Waals surface area contributed by atoms with E-state index in [1.54, 1.807) is 42.5 Å². The number of nitrogens with one attached hydrogen (secondary N) is 1. The average Bonchev–Trinajstić information content (AvgIpc) is 2.79. The minimum atomic E-state index is -0.545. The van der Waals surface area contributed by atoms with E-state index in [2.05, 4.69) is 5.32 Å². The number of ether oxygens (including phenoxy) is 3. The molecule has 0 saturated heterocycles. The van der Waals surface area contributed by atoms with E-state index in [-0.39, 0.29) is 5.57 Å². The molecule has 0 fully saturated rings. The standard InChI is InChI=1S/C24H20N2O4/c1-28-22-13-12-17(15-23(22)29-2)14-18(16-25)24(27)26-20-10-6-7-11-21(20)30-19-8-4-3-5-9-19/h3-15H,1-2H3,(H,26,27)/b18-14+. The topological polar surface area (TPSA) is 80.6 Å². The second-order valence-electron chi connectivity index (χ2n) is 6.15. The molecule has 0 aliphatic carbocycles. The Morgan fingerprint density at radius 1 is 0.900 bits per heavy atom. The highest BCUT2D eigenvalue weighted by Crippen LogP contribution is 2.30. The number of carbonyl (C=O) groups is 1. The van der Waals surface area contributed by atoms with Crippen molar-refractivity contribution in [2.75, 3.05) is 19.5 Å². The number of nitrogens with zero attached hydrogens (tertiary/aromatic N) is 1. The van der Waals surface area contributed by atoms with Crippen molar-refractivity contribution in [3.05, 3.63) is 83.9 Å². The van der Waals surface area contributed by atoms with Crippen molar-refractivity contribution in [3.8, 4) is 29.1 Å². The monoisotopic (exact) mass is 400 g/mol. The molecule has 6 nitrogen and oxygen atoms in total. The Hall–Kier alpha value is -4.24. The molecule has 0 atom stereocenters. The van der Waals surface area contributed by atoms with Crippen LogP contribution in [0.2, 0.25) is 0 Å². The van der Waals surface area contributed by atoms with E-state index >= 15 is 0 Å². The lowest BCUT2D eigenvalue weighted by molar-refractivity contribution is -0.112. The lowest BCUT2D eigenvalue weighted by atomic mass is 10.1. The summed E-state index contributed by atoms with van der Waals surface area (Å²) in [4.78, 5) is 12.7. The van der Waals surface area contributed by atoms with Crippen molar-refractivity contribution in [1.82, 2.24) is 0 Å². The van der Waals surface area contributed by atoms with Gasteiger partial charge in [-0.2, -0.15) is 5.26 Å². The highest BCUT2D eigenvalue weighted by atomic mass is 16.5. The molecule has 0 radical (unpaired) electrons. The molecule has 0 aliphatic heterocycles. The summed E-state index contributed by atoms with van der Waals surface area (Å²) in [6, 6.07) is 23.3. The normalized spacial score (nSPS) is 10.6. The van der Waals surface area contributed by atoms with E-state index in [9.17, 15) is 10.1 Å². The van der Waals surface area contributed by atoms with Crippen molar-refractivity contribution in [2.45, 2.75) is 0 Å². The summed E-state index contributed by atoms with van der Waals surface area (Å²) in [5, 5.41) is 12.2. The maximum absolute atomic E-state index is 12.7. The highest BCUT2D eigenvalue weighted by molar-refractivity contribution is 6.10. The van der Waals surface area contributed by atoms with Crippen LogP contribution in [-0.2, 0) is 4.79 Å². The van der Waals surface area contributed by atoms with Gasteiger partial charge in [0.05, 0.1) is 19.9 Å². The fourth-order valence-electron chi connectivity index (χ4n) is 2.72. The summed E-state index contributed by atoms with van der Waals surface area (Å²) >= 11 is 0. The zero-order chi connectivity index (χ0) is 21.3. The van der Waals surface area contributed by atoms with Gasteiger partial charge in [0.15, 0.2) is 17.2 Å². The number of nitriles is 1. The van der Waals surface area contributed by atoms with Crippen LogP contribution in [0.25, 0.3) is 6.08 Å². The van der Waals surface area contributed by atoms with E-state index in [0.29, 0.717) is 34.2 Å². The summed E-state index contributed by atoms with van der Waals surface area (Å²) in [5.74, 6) is 1.63. The summed E-state index contributed by atoms with van der Waals surface area (Å²) in [5.41, 5.74) is 1.03. The summed E-state index contributed by atoms with van der Waals surface area (Å²) in [6.07, 6.45) is 1.48. The molecule has 6 heteroatoms. The Kier molecular flexibility index (Phi) is 6.70. The lowest BCUT2D eigenvalue weighted by Gasteiger charge is -2.12. The molecule has 0 bridgehead atoms. The van der Waals surface area contributed by atoms with Gasteiger partial charge in [-0.05, 0) is 48.0 Å². The molecule has 0 aliphatic rings. The first kappa shape index (κ1) is 20.5. The van der Waals surface area contributed by atoms with Crippen LogP contribution in [-0.4, -0.2) is 20.1 Å². The molecule has 3 aromatic rings. The summed E-state index contributed by atoms with van der Waals surface area (Å²) in [6.45, 7) is 0. The first-order valence-electron chi connectivity index (χ1n) is 9.11. The number of methoxy groups -OCH3 is 2. The predicted molar refractivity (Wildman–Crippen MR) is 115 cm³/mol. The van der Waals surface area contributed by atoms with Crippen molar-refractivity contribution in [2.24, 2.45) is 0 Å². The number of hydrogen-bond donors (Lipinski definition) is 1. The van der Waals surface area contributed by atoms with Crippen LogP contribution >= 0.6 is 0 Å². The first-order valence-corrected chi connectivity index (χ1v) is 9.11. The number of rotatable bonds is 7. The molecule has 0 unspecified atom stereocenters. The maximum atomic E-state index is 12.7. The predicted octanol–water partition coefficient (Wildman–Crippen LogP) is 5.04. The van der Waals surface area contributed by atoms with Crippen LogP contribution in [0.4, 0.5) is 5.69 Å². The number of para-hydroxylation sites is 3. The Morgan fingerprint density at radius 3 is 2.30 bits per heavy atom. The molecular formula is C24H20N2O4. The number of anilines is 1. The largest absolute Gasteiger partial charge is 0.493 e. The molecule has 150 valence electrons. The molecule has 3 rings (SSSR count). The van der Waals surface area contributed by atoms with Crippen molar-refractivity contribution >= 4 is 17.7 Å². The highest BCUT2D eigenvalue weighted by Gasteiger charge is 2.14. The van der Waals surface area contributed by atoms with E-state index < -0.39 is 5.91 Å². The molecule has 0 aromatic heterocycles. The third-order valence-corrected chi connectivity index (χ3v) is 4.19. The Balaban J connectivity index is 1.83. The molecular weight excluding hydrogens is 380 g/mol. The fraction of sp³-hybridized carbons (Fsp3) is 0.0833. The number of benzene rings is 3. The van der Waals surface area contributed by atoms with Crippen LogP contribution in [0.15, 0.2) is 78.4 Å². The summed E-state index contributed by atoms with van der Waals surface area (Å²) < 4.78 is 16.3. The summed E-state index contributed by atoms with van der Waals surface area (Å²) in [7, 11) is 3.06. The molecule has 30 heavy (non-hydrogen) atoms. The molecule has 1 N–H and O–H groups in total. The zero-order valence-corrected chi connectivity index (χ0v) is 16.6. The molecule has 0 heterocycles. The second-order valence-corrected chi connectivity index (χ2v) is 6.15. The molecule has 3 aromatic carbocycles. The van der Waals surface area contributed by atoms with Crippen molar-refractivity contribution < 1.29 is 19.0 Å². The Bertz CT molecular complexity index is 1100. The average molecular weight is 400 g/mol. The minimum Gasteiger partial charge on any atom is -0.493 e. The fourth-order valence-corrected chi connectivity index (χ4v) is 2.72. The quantitative estimate of drug-likeness (QED) is 0.444. The van der Waals surface area contributed by atoms with Crippen LogP contribution in [0.3, 0.4) is 0 Å².